The molecule has 0 aliphatic carbocycles. The van der Waals surface area contributed by atoms with Crippen molar-refractivity contribution in [3.63, 3.8) is 0 Å². The number of halogens is 1. The van der Waals surface area contributed by atoms with Gasteiger partial charge in [-0.15, -0.1) is 0 Å². The van der Waals surface area contributed by atoms with Crippen molar-refractivity contribution in [2.45, 2.75) is 13.3 Å². The molecular weight excluding hydrogens is 334 g/mol. The Bertz CT molecular complexity index is 606. The normalized spacial score (nSPS) is 10.3. The van der Waals surface area contributed by atoms with Crippen molar-refractivity contribution in [1.82, 2.24) is 15.0 Å². The molecule has 0 aliphatic heterocycles. The number of benzene rings is 1. The highest BCUT2D eigenvalue weighted by molar-refractivity contribution is 9.10. The van der Waals surface area contributed by atoms with Gasteiger partial charge < -0.3 is 15.0 Å². The van der Waals surface area contributed by atoms with Crippen molar-refractivity contribution in [1.29, 1.82) is 0 Å². The number of nitrogens with zero attached hydrogens (tertiary/aromatic N) is 4. The first-order valence-electron chi connectivity index (χ1n) is 6.69. The molecule has 1 N–H and O–H groups in total. The predicted molar refractivity (Wildman–Crippen MR) is 87.2 cm³/mol. The minimum Gasteiger partial charge on any atom is -0.423 e. The van der Waals surface area contributed by atoms with Gasteiger partial charge in [0.2, 0.25) is 11.9 Å². The van der Waals surface area contributed by atoms with Crippen LogP contribution < -0.4 is 15.0 Å². The van der Waals surface area contributed by atoms with Gasteiger partial charge >= 0.3 is 6.01 Å². The molecule has 0 unspecified atom stereocenters. The van der Waals surface area contributed by atoms with Crippen molar-refractivity contribution >= 4 is 27.8 Å². The van der Waals surface area contributed by atoms with Gasteiger partial charge in [-0.1, -0.05) is 19.1 Å². The third kappa shape index (κ3) is 4.29. The van der Waals surface area contributed by atoms with E-state index in [1.807, 2.05) is 43.3 Å². The molecule has 0 saturated carbocycles. The quantitative estimate of drug-likeness (QED) is 0.861. The van der Waals surface area contributed by atoms with Crippen LogP contribution in [0.25, 0.3) is 0 Å². The Kier molecular flexibility index (Phi) is 5.32. The largest absolute Gasteiger partial charge is 0.423 e. The molecule has 1 aromatic heterocycles. The molecule has 1 heterocycles. The van der Waals surface area contributed by atoms with Crippen LogP contribution in [0.2, 0.25) is 0 Å². The number of aromatic nitrogens is 3. The van der Waals surface area contributed by atoms with Crippen LogP contribution in [0.5, 0.6) is 11.8 Å². The Hall–Kier alpha value is -1.89. The van der Waals surface area contributed by atoms with Gasteiger partial charge in [-0.2, -0.15) is 15.0 Å². The van der Waals surface area contributed by atoms with Crippen LogP contribution in [0, 0.1) is 0 Å². The fourth-order valence-electron chi connectivity index (χ4n) is 1.53. The zero-order valence-corrected chi connectivity index (χ0v) is 13.9. The van der Waals surface area contributed by atoms with Crippen molar-refractivity contribution in [2.75, 3.05) is 30.9 Å². The van der Waals surface area contributed by atoms with Gasteiger partial charge in [-0.25, -0.2) is 0 Å². The van der Waals surface area contributed by atoms with E-state index in [-0.39, 0.29) is 6.01 Å². The molecule has 2 aromatic rings. The molecule has 0 amide bonds. The number of hydrogen-bond donors (Lipinski definition) is 1. The SMILES string of the molecule is CCCNc1nc(Oc2ccccc2Br)nc(N(C)C)n1. The minimum atomic E-state index is 0.263. The van der Waals surface area contributed by atoms with Gasteiger partial charge in [0.05, 0.1) is 4.47 Å². The molecule has 1 aromatic carbocycles. The van der Waals surface area contributed by atoms with E-state index in [9.17, 15) is 0 Å². The van der Waals surface area contributed by atoms with Crippen molar-refractivity contribution in [3.05, 3.63) is 28.7 Å². The maximum absolute atomic E-state index is 5.74. The Morgan fingerprint density at radius 3 is 2.62 bits per heavy atom. The molecule has 0 radical (unpaired) electrons. The summed E-state index contributed by atoms with van der Waals surface area (Å²) in [6, 6.07) is 7.83. The number of ether oxygens (including phenoxy) is 1. The molecule has 21 heavy (non-hydrogen) atoms. The molecule has 7 heteroatoms. The Balaban J connectivity index is 2.29. The summed E-state index contributed by atoms with van der Waals surface area (Å²) >= 11 is 3.44. The summed E-state index contributed by atoms with van der Waals surface area (Å²) in [5.74, 6) is 1.72. The standard InChI is InChI=1S/C14H18BrN5O/c1-4-9-16-12-17-13(20(2)3)19-14(18-12)21-11-8-6-5-7-10(11)15/h5-8H,4,9H2,1-3H3,(H,16,17,18,19). The third-order valence-electron chi connectivity index (χ3n) is 2.57. The van der Waals surface area contributed by atoms with E-state index < -0.39 is 0 Å². The average molecular weight is 352 g/mol. The van der Waals surface area contributed by atoms with Gasteiger partial charge in [0.1, 0.15) is 5.75 Å². The second-order valence-corrected chi connectivity index (χ2v) is 5.45. The van der Waals surface area contributed by atoms with E-state index in [0.717, 1.165) is 17.4 Å². The maximum Gasteiger partial charge on any atom is 0.328 e. The van der Waals surface area contributed by atoms with Crippen molar-refractivity contribution in [2.24, 2.45) is 0 Å². The molecule has 0 atom stereocenters. The number of nitrogens with one attached hydrogen (secondary N) is 1. The molecule has 0 fully saturated rings. The average Bonchev–Trinajstić information content (AvgIpc) is 2.47. The number of rotatable bonds is 6. The lowest BCUT2D eigenvalue weighted by Gasteiger charge is -2.13. The first-order valence-corrected chi connectivity index (χ1v) is 7.49. The number of hydrogen-bond acceptors (Lipinski definition) is 6. The number of anilines is 2. The summed E-state index contributed by atoms with van der Waals surface area (Å²) < 4.78 is 6.59. The van der Waals surface area contributed by atoms with E-state index in [1.165, 1.54) is 0 Å². The zero-order chi connectivity index (χ0) is 15.2. The summed E-state index contributed by atoms with van der Waals surface area (Å²) in [5, 5.41) is 3.15. The third-order valence-corrected chi connectivity index (χ3v) is 3.23. The van der Waals surface area contributed by atoms with E-state index in [4.69, 9.17) is 4.74 Å². The fourth-order valence-corrected chi connectivity index (χ4v) is 1.90. The van der Waals surface area contributed by atoms with Gasteiger partial charge in [0.15, 0.2) is 0 Å². The number of para-hydroxylation sites is 1. The molecule has 2 rings (SSSR count). The lowest BCUT2D eigenvalue weighted by atomic mass is 10.3. The van der Waals surface area contributed by atoms with Crippen LogP contribution in [0.15, 0.2) is 28.7 Å². The van der Waals surface area contributed by atoms with Crippen LogP contribution in [-0.2, 0) is 0 Å². The Morgan fingerprint density at radius 2 is 1.95 bits per heavy atom. The highest BCUT2D eigenvalue weighted by Crippen LogP contribution is 2.28. The molecule has 0 spiro atoms. The van der Waals surface area contributed by atoms with Gasteiger partial charge in [-0.05, 0) is 34.5 Å². The van der Waals surface area contributed by atoms with Crippen LogP contribution in [-0.4, -0.2) is 35.6 Å². The van der Waals surface area contributed by atoms with Crippen molar-refractivity contribution < 1.29 is 4.74 Å². The summed E-state index contributed by atoms with van der Waals surface area (Å²) in [7, 11) is 3.75. The molecule has 0 saturated heterocycles. The molecule has 0 bridgehead atoms. The Morgan fingerprint density at radius 1 is 1.19 bits per heavy atom. The summed E-state index contributed by atoms with van der Waals surface area (Å²) in [4.78, 5) is 14.7. The van der Waals surface area contributed by atoms with Gasteiger partial charge in [0.25, 0.3) is 0 Å². The highest BCUT2D eigenvalue weighted by atomic mass is 79.9. The fraction of sp³-hybridized carbons (Fsp3) is 0.357. The smallest absolute Gasteiger partial charge is 0.328 e. The topological polar surface area (TPSA) is 63.2 Å². The van der Waals surface area contributed by atoms with E-state index in [1.54, 1.807) is 0 Å². The first kappa shape index (κ1) is 15.5. The minimum absolute atomic E-state index is 0.263. The zero-order valence-electron chi connectivity index (χ0n) is 12.3. The molecule has 112 valence electrons. The first-order chi connectivity index (χ1) is 10.1. The Labute approximate surface area is 132 Å². The molecule has 0 aliphatic rings. The lowest BCUT2D eigenvalue weighted by molar-refractivity contribution is 0.438. The maximum atomic E-state index is 5.74. The van der Waals surface area contributed by atoms with E-state index in [2.05, 4.69) is 43.1 Å². The molecular formula is C14H18BrN5O. The highest BCUT2D eigenvalue weighted by Gasteiger charge is 2.11. The van der Waals surface area contributed by atoms with Gasteiger partial charge in [-0.3, -0.25) is 0 Å². The summed E-state index contributed by atoms with van der Waals surface area (Å²) in [6.07, 6.45) is 0.989. The lowest BCUT2D eigenvalue weighted by Crippen LogP contribution is -2.16. The van der Waals surface area contributed by atoms with Crippen LogP contribution in [0.1, 0.15) is 13.3 Å². The summed E-state index contributed by atoms with van der Waals surface area (Å²) in [5.41, 5.74) is 0. The monoisotopic (exact) mass is 351 g/mol. The predicted octanol–water partition coefficient (Wildman–Crippen LogP) is 3.31. The van der Waals surface area contributed by atoms with E-state index >= 15 is 0 Å². The van der Waals surface area contributed by atoms with Crippen LogP contribution in [0.3, 0.4) is 0 Å². The second-order valence-electron chi connectivity index (χ2n) is 4.60. The second kappa shape index (κ2) is 7.21. The van der Waals surface area contributed by atoms with Crippen LogP contribution >= 0.6 is 15.9 Å². The van der Waals surface area contributed by atoms with Crippen molar-refractivity contribution in [3.8, 4) is 11.8 Å². The van der Waals surface area contributed by atoms with Gasteiger partial charge in [0, 0.05) is 20.6 Å². The van der Waals surface area contributed by atoms with Crippen LogP contribution in [0.4, 0.5) is 11.9 Å². The summed E-state index contributed by atoms with van der Waals surface area (Å²) in [6.45, 7) is 2.88. The molecule has 6 nitrogen and oxygen atoms in total. The van der Waals surface area contributed by atoms with E-state index in [0.29, 0.717) is 17.6 Å².